The Morgan fingerprint density at radius 1 is 0.273 bits per heavy atom. The molecule has 6 nitrogen and oxygen atoms in total. The largest absolute Gasteiger partial charge is 0.462 e. The fraction of sp³-hybridized carbons (Fsp3) is 0.732. The molecule has 0 rings (SSSR count). The van der Waals surface area contributed by atoms with Crippen LogP contribution < -0.4 is 0 Å². The number of esters is 3. The predicted molar refractivity (Wildman–Crippen MR) is 334 cm³/mol. The zero-order chi connectivity index (χ0) is 55.7. The second-order valence-corrected chi connectivity index (χ2v) is 21.6. The van der Waals surface area contributed by atoms with Crippen LogP contribution in [0.4, 0.5) is 0 Å². The molecule has 0 saturated carbocycles. The maximum Gasteiger partial charge on any atom is 0.306 e. The van der Waals surface area contributed by atoms with Crippen molar-refractivity contribution < 1.29 is 28.6 Å². The van der Waals surface area contributed by atoms with Crippen LogP contribution in [-0.2, 0) is 28.6 Å². The minimum atomic E-state index is -0.818. The summed E-state index contributed by atoms with van der Waals surface area (Å²) in [6.07, 6.45) is 87.4. The summed E-state index contributed by atoms with van der Waals surface area (Å²) in [6, 6.07) is 0. The summed E-state index contributed by atoms with van der Waals surface area (Å²) < 4.78 is 16.8. The molecule has 0 aromatic carbocycles. The van der Waals surface area contributed by atoms with E-state index in [1.54, 1.807) is 0 Å². The second kappa shape index (κ2) is 64.9. The summed E-state index contributed by atoms with van der Waals surface area (Å²) in [7, 11) is 0. The number of hydrogen-bond donors (Lipinski definition) is 0. The van der Waals surface area contributed by atoms with E-state index in [0.29, 0.717) is 19.3 Å². The maximum atomic E-state index is 12.8. The SMILES string of the molecule is CC/C=C\C/C=C\C/C=C\C/C=C\CCC(=O)OC(COC(=O)CCCCCCC/C=C\CCCCCC)COC(=O)CCCCCCCCCCCCCCCCCCCC/C=C\C/C=C\C/C=C\CCCCCCC. The molecule has 6 heteroatoms. The molecule has 0 aromatic heterocycles. The molecule has 0 aromatic rings. The van der Waals surface area contributed by atoms with Gasteiger partial charge in [0, 0.05) is 19.3 Å². The van der Waals surface area contributed by atoms with Gasteiger partial charge < -0.3 is 14.2 Å². The topological polar surface area (TPSA) is 78.9 Å². The highest BCUT2D eigenvalue weighted by molar-refractivity contribution is 5.71. The molecule has 0 aliphatic rings. The molecule has 0 spiro atoms. The lowest BCUT2D eigenvalue weighted by Crippen LogP contribution is -2.30. The molecule has 0 heterocycles. The highest BCUT2D eigenvalue weighted by Gasteiger charge is 2.19. The third-order valence-corrected chi connectivity index (χ3v) is 14.1. The average Bonchev–Trinajstić information content (AvgIpc) is 3.43. The first kappa shape index (κ1) is 73.3. The summed E-state index contributed by atoms with van der Waals surface area (Å²) in [5.74, 6) is -0.990. The maximum absolute atomic E-state index is 12.8. The van der Waals surface area contributed by atoms with E-state index in [1.165, 1.54) is 180 Å². The van der Waals surface area contributed by atoms with Gasteiger partial charge in [-0.3, -0.25) is 14.4 Å². The highest BCUT2D eigenvalue weighted by Crippen LogP contribution is 2.16. The van der Waals surface area contributed by atoms with Gasteiger partial charge in [0.2, 0.25) is 0 Å². The third kappa shape index (κ3) is 63.0. The Balaban J connectivity index is 4.15. The van der Waals surface area contributed by atoms with E-state index in [2.05, 4.69) is 112 Å². The standard InChI is InChI=1S/C71H122O6/c1-4-7-10-13-16-19-22-25-26-27-28-29-30-31-32-33-34-35-36-37-38-39-40-41-42-43-44-47-49-52-55-58-61-64-70(73)76-67-68(77-71(74)65-62-59-56-53-50-46-24-21-18-15-12-9-6-3)66-75-69(72)63-60-57-54-51-48-45-23-20-17-14-11-8-5-2/h9,12,18,20-23,25,27-28,30-31,46,50,56,59,68H,4-8,10-11,13-17,19,24,26,29,32-45,47-49,51-55,57-58,60-67H2,1-3H3/b12-9-,21-18-,23-20-,25-22-,28-27-,31-30-,50-46-,59-56-. The van der Waals surface area contributed by atoms with Crippen molar-refractivity contribution >= 4 is 17.9 Å². The van der Waals surface area contributed by atoms with Crippen molar-refractivity contribution in [2.45, 2.75) is 322 Å². The molecular formula is C71H122O6. The monoisotopic (exact) mass is 1070 g/mol. The Morgan fingerprint density at radius 2 is 0.532 bits per heavy atom. The van der Waals surface area contributed by atoms with E-state index in [9.17, 15) is 14.4 Å². The fourth-order valence-corrected chi connectivity index (χ4v) is 9.17. The van der Waals surface area contributed by atoms with Crippen LogP contribution in [0.2, 0.25) is 0 Å². The summed E-state index contributed by atoms with van der Waals surface area (Å²) in [4.78, 5) is 38.1. The van der Waals surface area contributed by atoms with Gasteiger partial charge in [0.1, 0.15) is 13.2 Å². The van der Waals surface area contributed by atoms with Crippen LogP contribution in [0, 0.1) is 0 Å². The van der Waals surface area contributed by atoms with Crippen LogP contribution in [0.1, 0.15) is 316 Å². The number of hydrogen-bond acceptors (Lipinski definition) is 6. The van der Waals surface area contributed by atoms with Crippen molar-refractivity contribution in [3.63, 3.8) is 0 Å². The lowest BCUT2D eigenvalue weighted by molar-refractivity contribution is -0.166. The lowest BCUT2D eigenvalue weighted by Gasteiger charge is -2.18. The van der Waals surface area contributed by atoms with Crippen LogP contribution in [0.5, 0.6) is 0 Å². The summed E-state index contributed by atoms with van der Waals surface area (Å²) in [5.41, 5.74) is 0. The van der Waals surface area contributed by atoms with Crippen molar-refractivity contribution in [2.24, 2.45) is 0 Å². The van der Waals surface area contributed by atoms with Gasteiger partial charge in [-0.1, -0.05) is 285 Å². The summed E-state index contributed by atoms with van der Waals surface area (Å²) >= 11 is 0. The van der Waals surface area contributed by atoms with E-state index < -0.39 is 12.1 Å². The minimum Gasteiger partial charge on any atom is -0.462 e. The Kier molecular flexibility index (Phi) is 61.8. The van der Waals surface area contributed by atoms with Crippen LogP contribution in [0.15, 0.2) is 97.2 Å². The molecule has 0 amide bonds. The van der Waals surface area contributed by atoms with Crippen LogP contribution in [-0.4, -0.2) is 37.2 Å². The molecule has 0 radical (unpaired) electrons. The number of rotatable bonds is 59. The molecule has 0 bridgehead atoms. The summed E-state index contributed by atoms with van der Waals surface area (Å²) in [6.45, 7) is 6.45. The molecule has 0 N–H and O–H groups in total. The Labute approximate surface area is 477 Å². The minimum absolute atomic E-state index is 0.107. The number of carbonyl (C=O) groups excluding carboxylic acids is 3. The van der Waals surface area contributed by atoms with Gasteiger partial charge in [-0.05, 0) is 109 Å². The summed E-state index contributed by atoms with van der Waals surface area (Å²) in [5, 5.41) is 0. The fourth-order valence-electron chi connectivity index (χ4n) is 9.17. The Morgan fingerprint density at radius 3 is 0.870 bits per heavy atom. The molecule has 0 aliphatic carbocycles. The van der Waals surface area contributed by atoms with Gasteiger partial charge in [0.15, 0.2) is 6.10 Å². The van der Waals surface area contributed by atoms with Crippen LogP contribution in [0.3, 0.4) is 0 Å². The van der Waals surface area contributed by atoms with E-state index in [-0.39, 0.29) is 31.6 Å². The zero-order valence-electron chi connectivity index (χ0n) is 50.7. The molecule has 0 aliphatic heterocycles. The molecule has 0 saturated heterocycles. The van der Waals surface area contributed by atoms with Crippen molar-refractivity contribution in [2.75, 3.05) is 13.2 Å². The van der Waals surface area contributed by atoms with Crippen molar-refractivity contribution in [3.8, 4) is 0 Å². The number of allylic oxidation sites excluding steroid dienone is 16. The normalized spacial score (nSPS) is 12.7. The van der Waals surface area contributed by atoms with E-state index in [1.807, 2.05) is 6.08 Å². The number of ether oxygens (including phenoxy) is 3. The van der Waals surface area contributed by atoms with Crippen molar-refractivity contribution in [1.29, 1.82) is 0 Å². The molecular weight excluding hydrogens is 949 g/mol. The predicted octanol–water partition coefficient (Wildman–Crippen LogP) is 22.4. The van der Waals surface area contributed by atoms with Gasteiger partial charge in [0.25, 0.3) is 0 Å². The number of carbonyl (C=O) groups is 3. The number of unbranched alkanes of at least 4 members (excludes halogenated alkanes) is 32. The first-order valence-corrected chi connectivity index (χ1v) is 32.7. The average molecular weight is 1070 g/mol. The van der Waals surface area contributed by atoms with Crippen molar-refractivity contribution in [3.05, 3.63) is 97.2 Å². The van der Waals surface area contributed by atoms with Crippen LogP contribution in [0.25, 0.3) is 0 Å². The molecule has 442 valence electrons. The highest BCUT2D eigenvalue weighted by atomic mass is 16.6. The second-order valence-electron chi connectivity index (χ2n) is 21.6. The smallest absolute Gasteiger partial charge is 0.306 e. The van der Waals surface area contributed by atoms with Gasteiger partial charge in [-0.2, -0.15) is 0 Å². The van der Waals surface area contributed by atoms with Gasteiger partial charge in [0.05, 0.1) is 0 Å². The molecule has 1 unspecified atom stereocenters. The molecule has 0 fully saturated rings. The van der Waals surface area contributed by atoms with Gasteiger partial charge in [-0.15, -0.1) is 0 Å². The quantitative estimate of drug-likeness (QED) is 0.0261. The first-order chi connectivity index (χ1) is 38.0. The Hall–Kier alpha value is -3.67. The Bertz CT molecular complexity index is 1510. The first-order valence-electron chi connectivity index (χ1n) is 32.7. The molecule has 1 atom stereocenters. The van der Waals surface area contributed by atoms with E-state index in [0.717, 1.165) is 89.9 Å². The van der Waals surface area contributed by atoms with Crippen LogP contribution >= 0.6 is 0 Å². The zero-order valence-corrected chi connectivity index (χ0v) is 50.7. The van der Waals surface area contributed by atoms with Gasteiger partial charge in [-0.25, -0.2) is 0 Å². The third-order valence-electron chi connectivity index (χ3n) is 14.1. The van der Waals surface area contributed by atoms with Crippen molar-refractivity contribution in [1.82, 2.24) is 0 Å². The molecule has 77 heavy (non-hydrogen) atoms. The van der Waals surface area contributed by atoms with E-state index >= 15 is 0 Å². The van der Waals surface area contributed by atoms with E-state index in [4.69, 9.17) is 14.2 Å². The van der Waals surface area contributed by atoms with Gasteiger partial charge >= 0.3 is 17.9 Å². The lowest BCUT2D eigenvalue weighted by atomic mass is 10.0.